The van der Waals surface area contributed by atoms with Crippen molar-refractivity contribution in [1.82, 2.24) is 34.3 Å². The molecule has 32 nitrogen and oxygen atoms in total. The van der Waals surface area contributed by atoms with Crippen molar-refractivity contribution in [1.29, 1.82) is 0 Å². The van der Waals surface area contributed by atoms with E-state index >= 15 is 4.79 Å². The number of nitrogens with two attached hydrogens (primary N) is 1. The SMILES string of the molecule is CCC1=C[C@@H]2C[N@](C1)Cc1c([nH]c3ccccc13)[C@@](C(=O)OC)(c1cc3c(cc1OC)N(C)[C@H]1[C@@](O)(C(=O)OC)[C@H](OC(C)=O)[C@]4(CC)C=CCN5CC[C@]31[C@@H]54)C2.Nc1nc(Cl)nc2c1ncn2[C@H]1C[C@H](O)[C@@H](CO)O1.O=C(O)C(O)C(O)C(=O)O.O=C(O)C(O)C(O)C(=O)O. The molecular weight excluding hydrogens is 1290 g/mol. The van der Waals surface area contributed by atoms with Crippen molar-refractivity contribution in [3.63, 3.8) is 0 Å². The summed E-state index contributed by atoms with van der Waals surface area (Å²) in [7, 11) is 6.22. The zero-order chi connectivity index (χ0) is 70.4. The number of hydrogen-bond donors (Lipinski definition) is 13. The first-order valence-corrected chi connectivity index (χ1v) is 31.0. The fraction of sp³-hybridized carbons (Fsp3) is 0.524. The molecule has 0 radical (unpaired) electrons. The number of carbonyl (C=O) groups is 7. The Morgan fingerprint density at radius 2 is 1.51 bits per heavy atom. The highest BCUT2D eigenvalue weighted by Gasteiger charge is 2.80. The largest absolute Gasteiger partial charge is 0.496 e. The number of aromatic nitrogens is 5. The van der Waals surface area contributed by atoms with Gasteiger partial charge in [0.1, 0.15) is 29.0 Å². The van der Waals surface area contributed by atoms with Gasteiger partial charge < -0.3 is 95.5 Å². The number of aromatic amines is 1. The van der Waals surface area contributed by atoms with Crippen LogP contribution < -0.4 is 15.4 Å². The quantitative estimate of drug-likeness (QED) is 0.0288. The molecule has 1 aliphatic carbocycles. The summed E-state index contributed by atoms with van der Waals surface area (Å²) in [5.74, 6) is -8.20. The minimum Gasteiger partial charge on any atom is -0.496 e. The van der Waals surface area contributed by atoms with Crippen molar-refractivity contribution in [2.24, 2.45) is 11.3 Å². The molecule has 12 rings (SSSR count). The van der Waals surface area contributed by atoms with Crippen LogP contribution in [0.25, 0.3) is 22.1 Å². The van der Waals surface area contributed by atoms with Crippen molar-refractivity contribution in [2.75, 3.05) is 71.8 Å². The van der Waals surface area contributed by atoms with E-state index in [4.69, 9.17) is 87.0 Å². The number of carboxylic acids is 4. The number of hydrogen-bond acceptors (Lipinski definition) is 26. The second-order valence-electron chi connectivity index (χ2n) is 24.6. The maximum absolute atomic E-state index is 15.2. The Kier molecular flexibility index (Phi) is 20.9. The third kappa shape index (κ3) is 12.1. The van der Waals surface area contributed by atoms with Gasteiger partial charge in [-0.15, -0.1) is 0 Å². The third-order valence-corrected chi connectivity index (χ3v) is 19.7. The number of H-pyrrole nitrogens is 1. The molecule has 9 heterocycles. The van der Waals surface area contributed by atoms with Gasteiger partial charge in [-0.25, -0.2) is 29.0 Å². The average molecular weight is 1360 g/mol. The normalized spacial score (nSPS) is 29.4. The number of ether oxygens (including phenoxy) is 5. The highest BCUT2D eigenvalue weighted by atomic mass is 35.5. The predicted molar refractivity (Wildman–Crippen MR) is 335 cm³/mol. The number of para-hydroxylation sites is 1. The van der Waals surface area contributed by atoms with Crippen LogP contribution in [0.15, 0.2) is 66.5 Å². The minimum absolute atomic E-state index is 0.0176. The van der Waals surface area contributed by atoms with E-state index in [0.717, 1.165) is 52.9 Å². The van der Waals surface area contributed by atoms with Crippen LogP contribution in [0.2, 0.25) is 5.28 Å². The molecule has 5 aromatic rings. The fourth-order valence-corrected chi connectivity index (χ4v) is 15.7. The molecule has 1 spiro atoms. The van der Waals surface area contributed by atoms with Gasteiger partial charge in [0, 0.05) is 97.4 Å². The topological polar surface area (TPSA) is 483 Å². The summed E-state index contributed by atoms with van der Waals surface area (Å²) in [5, 5.41) is 98.2. The van der Waals surface area contributed by atoms with E-state index in [1.54, 1.807) is 11.7 Å². The monoisotopic (exact) mass is 1360 g/mol. The first kappa shape index (κ1) is 71.9. The van der Waals surface area contributed by atoms with E-state index in [9.17, 15) is 39.0 Å². The standard InChI is InChI=1S/C45H54N4O8.C10H12ClN5O3.2C4H6O6/c1-8-27-19-28-22-44(40(51)55-6,36-30(25-48(23-27)24-28)29-13-10-11-14-33(29)46-36)32-20-31-34(21-35(32)54-5)47(4)38-43(31)16-18-49-17-12-15-42(9-2,37(43)49)39(57-26(3)50)45(38,53)41(52)56-7;11-10-14-8(12)7-9(15-10)16(3-13-7)6-1-4(18)5(2-17)19-6;2*5-1(3(7)8)2(6)4(9)10/h10-15,19-21,28,37-39,46,53H,8-9,16-18,22-25H2,1-7H3;3-6,17-18H,1-2H2,(H2,12,14,15);2*1-2,5-6H,(H,7,8)(H,9,10)/t28-,37-,38+,39+,42+,43+,44-,45-;4-,5+,6+;;/m00../s1. The molecule has 2 bridgehead atoms. The van der Waals surface area contributed by atoms with Gasteiger partial charge in [-0.3, -0.25) is 24.0 Å². The second-order valence-corrected chi connectivity index (χ2v) is 25.0. The van der Waals surface area contributed by atoms with Gasteiger partial charge in [0.2, 0.25) is 10.9 Å². The Hall–Kier alpha value is -8.41. The number of rotatable bonds is 15. The van der Waals surface area contributed by atoms with Crippen LogP contribution in [0.5, 0.6) is 5.75 Å². The van der Waals surface area contributed by atoms with Gasteiger partial charge in [-0.05, 0) is 73.0 Å². The minimum atomic E-state index is -2.27. The van der Waals surface area contributed by atoms with Gasteiger partial charge in [0.05, 0.1) is 46.4 Å². The average Bonchev–Trinajstić information content (AvgIpc) is 1.43. The molecular formula is C63H78ClN9O23. The number of carbonyl (C=O) groups excluding carboxylic acids is 3. The highest BCUT2D eigenvalue weighted by molar-refractivity contribution is 6.28. The molecule has 3 fully saturated rings. The fourth-order valence-electron chi connectivity index (χ4n) is 15.6. The van der Waals surface area contributed by atoms with Crippen molar-refractivity contribution in [3.05, 3.63) is 94.2 Å². The number of methoxy groups -OCH3 is 3. The summed E-state index contributed by atoms with van der Waals surface area (Å²) >= 11 is 5.77. The van der Waals surface area contributed by atoms with Crippen LogP contribution in [-0.4, -0.2) is 254 Å². The number of carboxylic acid groups (broad SMARTS) is 4. The molecule has 6 aliphatic heterocycles. The summed E-state index contributed by atoms with van der Waals surface area (Å²) in [6.07, 6.45) is -1.38. The Morgan fingerprint density at radius 3 is 2.07 bits per heavy atom. The summed E-state index contributed by atoms with van der Waals surface area (Å²) in [6, 6.07) is 11.2. The van der Waals surface area contributed by atoms with Crippen LogP contribution in [0.1, 0.15) is 81.5 Å². The van der Waals surface area contributed by atoms with Crippen LogP contribution in [0.4, 0.5) is 11.5 Å². The summed E-state index contributed by atoms with van der Waals surface area (Å²) in [4.78, 5) is 104. The van der Waals surface area contributed by atoms with Gasteiger partial charge in [-0.2, -0.15) is 9.97 Å². The van der Waals surface area contributed by atoms with Gasteiger partial charge in [0.15, 0.2) is 42.0 Å². The summed E-state index contributed by atoms with van der Waals surface area (Å²) in [5.41, 5.74) is 7.62. The predicted octanol–water partition coefficient (Wildman–Crippen LogP) is 0.211. The van der Waals surface area contributed by atoms with Gasteiger partial charge >= 0.3 is 41.8 Å². The van der Waals surface area contributed by atoms with E-state index in [0.29, 0.717) is 67.8 Å². The third-order valence-electron chi connectivity index (χ3n) is 19.5. The van der Waals surface area contributed by atoms with E-state index in [1.165, 1.54) is 33.0 Å². The van der Waals surface area contributed by atoms with Crippen molar-refractivity contribution >= 4 is 87.0 Å². The lowest BCUT2D eigenvalue weighted by Gasteiger charge is -2.63. The molecule has 2 aromatic carbocycles. The number of fused-ring (bicyclic) bond motifs is 7. The van der Waals surface area contributed by atoms with Crippen molar-refractivity contribution < 1.29 is 113 Å². The zero-order valence-electron chi connectivity index (χ0n) is 53.3. The summed E-state index contributed by atoms with van der Waals surface area (Å²) in [6.45, 7) is 8.94. The number of nitrogens with one attached hydrogen (secondary N) is 1. The molecule has 0 amide bonds. The number of likely N-dealkylation sites (N-methyl/N-ethyl adjacent to an activating group) is 1. The van der Waals surface area contributed by atoms with Crippen molar-refractivity contribution in [2.45, 2.75) is 137 Å². The number of imidazole rings is 1. The molecule has 520 valence electrons. The number of esters is 3. The number of aliphatic hydroxyl groups is 7. The molecule has 3 aromatic heterocycles. The number of nitrogens with zero attached hydrogens (tertiary/aromatic N) is 7. The van der Waals surface area contributed by atoms with Gasteiger partial charge in [0.25, 0.3) is 0 Å². The van der Waals surface area contributed by atoms with Gasteiger partial charge in [-0.1, -0.05) is 55.8 Å². The lowest BCUT2D eigenvalue weighted by molar-refractivity contribution is -0.228. The Labute approximate surface area is 552 Å². The number of nitrogen functional groups attached to an aromatic ring is 1. The molecule has 1 saturated carbocycles. The maximum Gasteiger partial charge on any atom is 0.344 e. The highest BCUT2D eigenvalue weighted by Crippen LogP contribution is 2.68. The Bertz CT molecular complexity index is 3830. The molecule has 33 heteroatoms. The summed E-state index contributed by atoms with van der Waals surface area (Å²) < 4.78 is 31.0. The van der Waals surface area contributed by atoms with Crippen LogP contribution in [0.3, 0.4) is 0 Å². The number of aliphatic hydroxyl groups excluding tert-OH is 6. The Balaban J connectivity index is 0.000000223. The molecule has 7 aliphatic rings. The van der Waals surface area contributed by atoms with Crippen molar-refractivity contribution in [3.8, 4) is 5.75 Å². The lowest BCUT2D eigenvalue weighted by Crippen LogP contribution is -2.81. The van der Waals surface area contributed by atoms with E-state index in [1.807, 2.05) is 37.1 Å². The smallest absolute Gasteiger partial charge is 0.344 e. The van der Waals surface area contributed by atoms with Crippen LogP contribution in [0, 0.1) is 11.3 Å². The number of benzene rings is 2. The zero-order valence-corrected chi connectivity index (χ0v) is 54.1. The first-order chi connectivity index (χ1) is 45.4. The van der Waals surface area contributed by atoms with Crippen LogP contribution >= 0.6 is 11.6 Å². The Morgan fingerprint density at radius 1 is 0.875 bits per heavy atom. The van der Waals surface area contributed by atoms with Crippen LogP contribution in [-0.2, 0) is 69.9 Å². The number of anilines is 2. The maximum atomic E-state index is 15.2. The van der Waals surface area contributed by atoms with E-state index in [-0.39, 0.29) is 35.6 Å². The van der Waals surface area contributed by atoms with E-state index in [2.05, 4.69) is 73.1 Å². The van der Waals surface area contributed by atoms with E-state index < -0.39 is 113 Å². The first-order valence-electron chi connectivity index (χ1n) is 30.6. The number of aliphatic carboxylic acids is 4. The molecule has 4 unspecified atom stereocenters. The molecule has 96 heavy (non-hydrogen) atoms. The molecule has 16 atom stereocenters. The molecule has 14 N–H and O–H groups in total. The lowest BCUT2D eigenvalue weighted by atomic mass is 9.47. The number of halogens is 1. The molecule has 2 saturated heterocycles. The second kappa shape index (κ2) is 28.0.